The Kier molecular flexibility index (Phi) is 6.23. The molecule has 4 N–H and O–H groups in total. The number of nitrogens with one attached hydrogen (secondary N) is 4. The maximum atomic E-state index is 4.63. The van der Waals surface area contributed by atoms with Gasteiger partial charge in [-0.3, -0.25) is 9.98 Å². The SMILES string of the molecule is CCCNC(=NC)c1ccc2cc(-c3ccc(-c4c[nH]c5cc(C6=NCCCN6)ccc45)cc3)[nH]c2c1. The van der Waals surface area contributed by atoms with Crippen LogP contribution in [0.25, 0.3) is 44.2 Å². The molecule has 0 bridgehead atoms. The molecule has 6 nitrogen and oxygen atoms in total. The number of aromatic amines is 2. The molecule has 0 saturated carbocycles. The molecule has 186 valence electrons. The Balaban J connectivity index is 1.26. The quantitative estimate of drug-likeness (QED) is 0.172. The maximum absolute atomic E-state index is 4.63. The number of benzene rings is 3. The van der Waals surface area contributed by atoms with Crippen LogP contribution in [-0.4, -0.2) is 48.3 Å². The second-order valence-electron chi connectivity index (χ2n) is 9.53. The van der Waals surface area contributed by atoms with E-state index in [0.29, 0.717) is 0 Å². The first kappa shape index (κ1) is 23.1. The highest BCUT2D eigenvalue weighted by Gasteiger charge is 2.12. The van der Waals surface area contributed by atoms with E-state index in [-0.39, 0.29) is 0 Å². The molecule has 0 fully saturated rings. The minimum Gasteiger partial charge on any atom is -0.370 e. The van der Waals surface area contributed by atoms with Gasteiger partial charge in [0.2, 0.25) is 0 Å². The molecule has 5 aromatic rings. The Morgan fingerprint density at radius 1 is 0.946 bits per heavy atom. The van der Waals surface area contributed by atoms with Crippen molar-refractivity contribution >= 4 is 33.5 Å². The molecule has 0 saturated heterocycles. The number of rotatable bonds is 6. The molecule has 0 amide bonds. The van der Waals surface area contributed by atoms with Crippen molar-refractivity contribution in [2.24, 2.45) is 9.98 Å². The first-order valence-corrected chi connectivity index (χ1v) is 13.1. The average Bonchev–Trinajstić information content (AvgIpc) is 3.58. The molecule has 3 aromatic carbocycles. The topological polar surface area (TPSA) is 80.4 Å². The van der Waals surface area contributed by atoms with Gasteiger partial charge in [-0.15, -0.1) is 0 Å². The first-order valence-electron chi connectivity index (χ1n) is 13.1. The Morgan fingerprint density at radius 3 is 2.57 bits per heavy atom. The van der Waals surface area contributed by atoms with Crippen LogP contribution in [0.5, 0.6) is 0 Å². The smallest absolute Gasteiger partial charge is 0.128 e. The number of fused-ring (bicyclic) bond motifs is 2. The van der Waals surface area contributed by atoms with Gasteiger partial charge in [-0.1, -0.05) is 55.5 Å². The van der Waals surface area contributed by atoms with Crippen molar-refractivity contribution in [3.63, 3.8) is 0 Å². The van der Waals surface area contributed by atoms with E-state index in [1.807, 2.05) is 7.05 Å². The van der Waals surface area contributed by atoms with E-state index < -0.39 is 0 Å². The zero-order valence-electron chi connectivity index (χ0n) is 21.4. The molecule has 2 aromatic heterocycles. The zero-order valence-corrected chi connectivity index (χ0v) is 21.4. The van der Waals surface area contributed by atoms with E-state index in [0.717, 1.165) is 72.0 Å². The molecular formula is C31H32N6. The summed E-state index contributed by atoms with van der Waals surface area (Å²) in [6, 6.07) is 24.0. The van der Waals surface area contributed by atoms with E-state index in [9.17, 15) is 0 Å². The fourth-order valence-electron chi connectivity index (χ4n) is 5.05. The van der Waals surface area contributed by atoms with Crippen LogP contribution in [0.3, 0.4) is 0 Å². The summed E-state index contributed by atoms with van der Waals surface area (Å²) in [7, 11) is 1.83. The number of aromatic nitrogens is 2. The van der Waals surface area contributed by atoms with Crippen LogP contribution < -0.4 is 10.6 Å². The second kappa shape index (κ2) is 9.97. The lowest BCUT2D eigenvalue weighted by Gasteiger charge is -2.14. The van der Waals surface area contributed by atoms with Gasteiger partial charge in [0.05, 0.1) is 0 Å². The van der Waals surface area contributed by atoms with Crippen molar-refractivity contribution in [3.8, 4) is 22.4 Å². The Morgan fingerprint density at radius 2 is 1.78 bits per heavy atom. The summed E-state index contributed by atoms with van der Waals surface area (Å²) < 4.78 is 0. The summed E-state index contributed by atoms with van der Waals surface area (Å²) in [5.74, 6) is 1.92. The van der Waals surface area contributed by atoms with Crippen LogP contribution in [0.2, 0.25) is 0 Å². The lowest BCUT2D eigenvalue weighted by atomic mass is 10.0. The third-order valence-corrected chi connectivity index (χ3v) is 7.02. The standard InChI is InChI=1S/C31H32N6/c1-3-13-33-30(32-2)23-10-9-22-16-27(37-28(22)17-23)21-7-5-20(6-8-21)26-19-36-29-18-24(11-12-25(26)29)31-34-14-4-15-35-31/h5-12,16-19,36-37H,3-4,13-15H2,1-2H3,(H,32,33)(H,34,35). The van der Waals surface area contributed by atoms with Gasteiger partial charge in [0.25, 0.3) is 0 Å². The average molecular weight is 489 g/mol. The highest BCUT2D eigenvalue weighted by atomic mass is 15.0. The molecular weight excluding hydrogens is 456 g/mol. The number of nitrogens with zero attached hydrogens (tertiary/aromatic N) is 2. The molecule has 6 rings (SSSR count). The molecule has 0 unspecified atom stereocenters. The van der Waals surface area contributed by atoms with Crippen LogP contribution in [0.4, 0.5) is 0 Å². The maximum Gasteiger partial charge on any atom is 0.128 e. The Labute approximate surface area is 216 Å². The monoisotopic (exact) mass is 488 g/mol. The van der Waals surface area contributed by atoms with Gasteiger partial charge in [-0.25, -0.2) is 0 Å². The predicted molar refractivity (Wildman–Crippen MR) is 156 cm³/mol. The molecule has 3 heterocycles. The number of amidine groups is 2. The molecule has 1 aliphatic rings. The van der Waals surface area contributed by atoms with Gasteiger partial charge in [0.15, 0.2) is 0 Å². The van der Waals surface area contributed by atoms with Crippen molar-refractivity contribution < 1.29 is 0 Å². The fraction of sp³-hybridized carbons (Fsp3) is 0.226. The van der Waals surface area contributed by atoms with Crippen molar-refractivity contribution in [1.29, 1.82) is 0 Å². The van der Waals surface area contributed by atoms with Crippen LogP contribution in [0.15, 0.2) is 82.9 Å². The third kappa shape index (κ3) is 4.51. The Hall–Kier alpha value is -4.32. The van der Waals surface area contributed by atoms with E-state index in [1.165, 1.54) is 27.5 Å². The van der Waals surface area contributed by atoms with Crippen LogP contribution in [0, 0.1) is 0 Å². The summed E-state index contributed by atoms with van der Waals surface area (Å²) in [4.78, 5) is 16.1. The van der Waals surface area contributed by atoms with E-state index in [4.69, 9.17) is 0 Å². The van der Waals surface area contributed by atoms with Gasteiger partial charge >= 0.3 is 0 Å². The van der Waals surface area contributed by atoms with Crippen molar-refractivity contribution in [3.05, 3.63) is 84.1 Å². The van der Waals surface area contributed by atoms with Gasteiger partial charge in [0, 0.05) is 77.1 Å². The van der Waals surface area contributed by atoms with Crippen LogP contribution in [0.1, 0.15) is 30.9 Å². The second-order valence-corrected chi connectivity index (χ2v) is 9.53. The van der Waals surface area contributed by atoms with Gasteiger partial charge < -0.3 is 20.6 Å². The van der Waals surface area contributed by atoms with E-state index >= 15 is 0 Å². The predicted octanol–water partition coefficient (Wildman–Crippen LogP) is 6.10. The first-order chi connectivity index (χ1) is 18.2. The number of H-pyrrole nitrogens is 2. The van der Waals surface area contributed by atoms with E-state index in [1.54, 1.807) is 0 Å². The van der Waals surface area contributed by atoms with Gasteiger partial charge in [0.1, 0.15) is 11.7 Å². The molecule has 6 heteroatoms. The zero-order chi connectivity index (χ0) is 25.2. The number of aliphatic imine (C=N–C) groups is 2. The number of hydrogen-bond acceptors (Lipinski definition) is 3. The van der Waals surface area contributed by atoms with E-state index in [2.05, 4.69) is 110 Å². The highest BCUT2D eigenvalue weighted by molar-refractivity contribution is 6.05. The molecule has 0 spiro atoms. The summed E-state index contributed by atoms with van der Waals surface area (Å²) in [6.45, 7) is 4.95. The molecule has 0 aliphatic carbocycles. The Bertz CT molecular complexity index is 1620. The van der Waals surface area contributed by atoms with Gasteiger partial charge in [-0.2, -0.15) is 0 Å². The third-order valence-electron chi connectivity index (χ3n) is 7.02. The summed E-state index contributed by atoms with van der Waals surface area (Å²) in [5.41, 5.74) is 9.15. The minimum atomic E-state index is 0.893. The van der Waals surface area contributed by atoms with Crippen molar-refractivity contribution in [2.75, 3.05) is 26.7 Å². The summed E-state index contributed by atoms with van der Waals surface area (Å²) >= 11 is 0. The van der Waals surface area contributed by atoms with Crippen molar-refractivity contribution in [1.82, 2.24) is 20.6 Å². The molecule has 37 heavy (non-hydrogen) atoms. The summed E-state index contributed by atoms with van der Waals surface area (Å²) in [5, 5.41) is 9.24. The van der Waals surface area contributed by atoms with Crippen molar-refractivity contribution in [2.45, 2.75) is 19.8 Å². The normalized spacial score (nSPS) is 14.1. The molecule has 1 aliphatic heterocycles. The largest absolute Gasteiger partial charge is 0.370 e. The molecule has 0 radical (unpaired) electrons. The lowest BCUT2D eigenvalue weighted by Crippen LogP contribution is -2.30. The van der Waals surface area contributed by atoms with Gasteiger partial charge in [-0.05, 0) is 42.2 Å². The highest BCUT2D eigenvalue weighted by Crippen LogP contribution is 2.32. The van der Waals surface area contributed by atoms with Crippen LogP contribution >= 0.6 is 0 Å². The summed E-state index contributed by atoms with van der Waals surface area (Å²) in [6.07, 6.45) is 4.26. The fourth-order valence-corrected chi connectivity index (χ4v) is 5.05. The molecule has 0 atom stereocenters. The minimum absolute atomic E-state index is 0.893. The lowest BCUT2D eigenvalue weighted by molar-refractivity contribution is 0.742. The van der Waals surface area contributed by atoms with Crippen LogP contribution in [-0.2, 0) is 0 Å². The number of hydrogen-bond donors (Lipinski definition) is 4.